The van der Waals surface area contributed by atoms with E-state index in [-0.39, 0.29) is 5.91 Å². The number of aryl methyl sites for hydroxylation is 2. The molecular formula is C21H31N5O. The summed E-state index contributed by atoms with van der Waals surface area (Å²) < 4.78 is 0. The van der Waals surface area contributed by atoms with Crippen molar-refractivity contribution in [3.8, 4) is 0 Å². The van der Waals surface area contributed by atoms with Crippen LogP contribution < -0.4 is 10.2 Å². The van der Waals surface area contributed by atoms with Crippen LogP contribution in [0, 0.1) is 13.8 Å². The van der Waals surface area contributed by atoms with Gasteiger partial charge < -0.3 is 15.1 Å². The molecule has 1 aromatic heterocycles. The smallest absolute Gasteiger partial charge is 0.272 e. The molecule has 6 nitrogen and oxygen atoms in total. The molecule has 27 heavy (non-hydrogen) atoms. The van der Waals surface area contributed by atoms with Gasteiger partial charge >= 0.3 is 0 Å². The number of hydrogen-bond acceptors (Lipinski definition) is 5. The molecule has 0 saturated heterocycles. The van der Waals surface area contributed by atoms with E-state index in [1.54, 1.807) is 17.9 Å². The van der Waals surface area contributed by atoms with E-state index in [4.69, 9.17) is 0 Å². The van der Waals surface area contributed by atoms with Crippen LogP contribution in [0.25, 0.3) is 0 Å². The second-order valence-electron chi connectivity index (χ2n) is 6.46. The molecular weight excluding hydrogens is 338 g/mol. The largest absolute Gasteiger partial charge is 0.372 e. The molecule has 0 unspecified atom stereocenters. The number of carbonyl (C=O) groups is 1. The maximum Gasteiger partial charge on any atom is 0.272 e. The lowest BCUT2D eigenvalue weighted by molar-refractivity contribution is 0.0766. The van der Waals surface area contributed by atoms with Crippen LogP contribution in [0.4, 0.5) is 17.2 Å². The molecule has 0 aliphatic rings. The summed E-state index contributed by atoms with van der Waals surface area (Å²) in [4.78, 5) is 25.5. The van der Waals surface area contributed by atoms with Crippen LogP contribution in [-0.2, 0) is 0 Å². The van der Waals surface area contributed by atoms with Crippen molar-refractivity contribution < 1.29 is 4.79 Å². The number of benzene rings is 1. The van der Waals surface area contributed by atoms with Gasteiger partial charge in [-0.3, -0.25) is 4.79 Å². The first-order chi connectivity index (χ1) is 12.9. The summed E-state index contributed by atoms with van der Waals surface area (Å²) in [6.45, 7) is 15.4. The third-order valence-electron chi connectivity index (χ3n) is 4.71. The van der Waals surface area contributed by atoms with Crippen molar-refractivity contribution in [3.05, 3.63) is 41.3 Å². The zero-order valence-electron chi connectivity index (χ0n) is 17.3. The molecule has 0 fully saturated rings. The number of nitrogens with one attached hydrogen (secondary N) is 1. The summed E-state index contributed by atoms with van der Waals surface area (Å²) in [5.41, 5.74) is 3.74. The quantitative estimate of drug-likeness (QED) is 0.757. The minimum Gasteiger partial charge on any atom is -0.372 e. The molecule has 2 rings (SSSR count). The number of anilines is 3. The lowest BCUT2D eigenvalue weighted by Gasteiger charge is -2.22. The molecule has 0 spiro atoms. The fourth-order valence-corrected chi connectivity index (χ4v) is 3.13. The number of rotatable bonds is 8. The van der Waals surface area contributed by atoms with Gasteiger partial charge in [0.05, 0.1) is 0 Å². The van der Waals surface area contributed by atoms with Crippen molar-refractivity contribution in [2.45, 2.75) is 41.5 Å². The standard InChI is InChI=1S/C21H31N5O/c1-7-25(8-2)17-11-12-18(15(5)13-17)24-20-14-19(22-16(6)23-20)21(27)26(9-3)10-4/h11-14H,7-10H2,1-6H3,(H,22,23,24). The molecule has 0 atom stereocenters. The predicted molar refractivity (Wildman–Crippen MR) is 112 cm³/mol. The highest BCUT2D eigenvalue weighted by Gasteiger charge is 2.16. The number of hydrogen-bond donors (Lipinski definition) is 1. The van der Waals surface area contributed by atoms with Gasteiger partial charge in [0.1, 0.15) is 17.3 Å². The molecule has 1 amide bonds. The zero-order chi connectivity index (χ0) is 20.0. The Balaban J connectivity index is 2.28. The average molecular weight is 370 g/mol. The monoisotopic (exact) mass is 369 g/mol. The highest BCUT2D eigenvalue weighted by atomic mass is 16.2. The second kappa shape index (κ2) is 9.35. The molecule has 0 aliphatic carbocycles. The number of carbonyl (C=O) groups excluding carboxylic acids is 1. The first-order valence-corrected chi connectivity index (χ1v) is 9.70. The third kappa shape index (κ3) is 4.96. The molecule has 1 aromatic carbocycles. The van der Waals surface area contributed by atoms with E-state index in [0.717, 1.165) is 24.3 Å². The van der Waals surface area contributed by atoms with Crippen LogP contribution in [0.3, 0.4) is 0 Å². The third-order valence-corrected chi connectivity index (χ3v) is 4.71. The van der Waals surface area contributed by atoms with Crippen molar-refractivity contribution >= 4 is 23.1 Å². The summed E-state index contributed by atoms with van der Waals surface area (Å²) in [5, 5.41) is 3.35. The minimum absolute atomic E-state index is 0.0675. The van der Waals surface area contributed by atoms with Gasteiger partial charge in [0.15, 0.2) is 0 Å². The van der Waals surface area contributed by atoms with Crippen molar-refractivity contribution in [1.82, 2.24) is 14.9 Å². The molecule has 0 radical (unpaired) electrons. The average Bonchev–Trinajstić information content (AvgIpc) is 2.65. The van der Waals surface area contributed by atoms with Crippen LogP contribution in [0.15, 0.2) is 24.3 Å². The lowest BCUT2D eigenvalue weighted by atomic mass is 10.1. The van der Waals surface area contributed by atoms with Gasteiger partial charge in [-0.2, -0.15) is 0 Å². The fourth-order valence-electron chi connectivity index (χ4n) is 3.13. The topological polar surface area (TPSA) is 61.4 Å². The second-order valence-corrected chi connectivity index (χ2v) is 6.46. The van der Waals surface area contributed by atoms with E-state index < -0.39 is 0 Å². The zero-order valence-corrected chi connectivity index (χ0v) is 17.3. The van der Waals surface area contributed by atoms with Gasteiger partial charge in [-0.05, 0) is 65.3 Å². The summed E-state index contributed by atoms with van der Waals surface area (Å²) in [5.74, 6) is 1.15. The van der Waals surface area contributed by atoms with Gasteiger partial charge in [-0.25, -0.2) is 9.97 Å². The van der Waals surface area contributed by atoms with Gasteiger partial charge in [0.25, 0.3) is 5.91 Å². The predicted octanol–water partition coefficient (Wildman–Crippen LogP) is 4.17. The van der Waals surface area contributed by atoms with E-state index in [1.165, 1.54) is 5.69 Å². The maximum absolute atomic E-state index is 12.6. The Labute approximate surface area is 162 Å². The Bertz CT molecular complexity index is 782. The van der Waals surface area contributed by atoms with Gasteiger partial charge in [-0.15, -0.1) is 0 Å². The SMILES string of the molecule is CCN(CC)C(=O)c1cc(Nc2ccc(N(CC)CC)cc2C)nc(C)n1. The summed E-state index contributed by atoms with van der Waals surface area (Å²) in [7, 11) is 0. The van der Waals surface area contributed by atoms with Crippen LogP contribution in [0.5, 0.6) is 0 Å². The molecule has 1 heterocycles. The molecule has 0 bridgehead atoms. The molecule has 0 aliphatic heterocycles. The first kappa shape index (κ1) is 20.7. The van der Waals surface area contributed by atoms with Crippen LogP contribution in [-0.4, -0.2) is 47.0 Å². The number of amides is 1. The van der Waals surface area contributed by atoms with E-state index in [2.05, 4.69) is 59.2 Å². The van der Waals surface area contributed by atoms with Crippen LogP contribution in [0.2, 0.25) is 0 Å². The Hall–Kier alpha value is -2.63. The Morgan fingerprint density at radius 1 is 0.963 bits per heavy atom. The Morgan fingerprint density at radius 3 is 2.19 bits per heavy atom. The van der Waals surface area contributed by atoms with Crippen molar-refractivity contribution in [1.29, 1.82) is 0 Å². The highest BCUT2D eigenvalue weighted by molar-refractivity contribution is 5.93. The molecule has 6 heteroatoms. The fraction of sp³-hybridized carbons (Fsp3) is 0.476. The van der Waals surface area contributed by atoms with Crippen molar-refractivity contribution in [2.75, 3.05) is 36.4 Å². The number of aromatic nitrogens is 2. The van der Waals surface area contributed by atoms with Crippen molar-refractivity contribution in [3.63, 3.8) is 0 Å². The minimum atomic E-state index is -0.0675. The van der Waals surface area contributed by atoms with E-state index >= 15 is 0 Å². The highest BCUT2D eigenvalue weighted by Crippen LogP contribution is 2.25. The molecule has 1 N–H and O–H groups in total. The van der Waals surface area contributed by atoms with Gasteiger partial charge in [0, 0.05) is 43.6 Å². The van der Waals surface area contributed by atoms with Gasteiger partial charge in [-0.1, -0.05) is 0 Å². The lowest BCUT2D eigenvalue weighted by Crippen LogP contribution is -2.31. The van der Waals surface area contributed by atoms with Gasteiger partial charge in [0.2, 0.25) is 0 Å². The Morgan fingerprint density at radius 2 is 1.63 bits per heavy atom. The van der Waals surface area contributed by atoms with Crippen molar-refractivity contribution in [2.24, 2.45) is 0 Å². The van der Waals surface area contributed by atoms with E-state index in [0.29, 0.717) is 30.4 Å². The first-order valence-electron chi connectivity index (χ1n) is 9.70. The Kier molecular flexibility index (Phi) is 7.16. The molecule has 0 saturated carbocycles. The van der Waals surface area contributed by atoms with Crippen LogP contribution >= 0.6 is 0 Å². The summed E-state index contributed by atoms with van der Waals surface area (Å²) in [6.07, 6.45) is 0. The number of nitrogens with zero attached hydrogens (tertiary/aromatic N) is 4. The maximum atomic E-state index is 12.6. The van der Waals surface area contributed by atoms with E-state index in [1.807, 2.05) is 13.8 Å². The normalized spacial score (nSPS) is 10.6. The molecule has 146 valence electrons. The van der Waals surface area contributed by atoms with E-state index in [9.17, 15) is 4.79 Å². The molecule has 2 aromatic rings. The van der Waals surface area contributed by atoms with Crippen LogP contribution in [0.1, 0.15) is 49.6 Å². The summed E-state index contributed by atoms with van der Waals surface area (Å²) >= 11 is 0. The summed E-state index contributed by atoms with van der Waals surface area (Å²) in [6, 6.07) is 8.07.